The fourth-order valence-corrected chi connectivity index (χ4v) is 5.86. The molecule has 0 atom stereocenters. The molecule has 1 amide bonds. The highest BCUT2D eigenvalue weighted by molar-refractivity contribution is 7.93. The van der Waals surface area contributed by atoms with Crippen LogP contribution in [0.4, 0.5) is 5.69 Å². The summed E-state index contributed by atoms with van der Waals surface area (Å²) in [6.07, 6.45) is 0. The van der Waals surface area contributed by atoms with E-state index in [2.05, 4.69) is 26.0 Å². The molecule has 4 aromatic carbocycles. The Morgan fingerprint density at radius 1 is 0.872 bits per heavy atom. The summed E-state index contributed by atoms with van der Waals surface area (Å²) in [4.78, 5) is 13.4. The second-order valence-electron chi connectivity index (χ2n) is 9.60. The first-order chi connectivity index (χ1) is 18.5. The van der Waals surface area contributed by atoms with E-state index in [0.29, 0.717) is 11.5 Å². The molecule has 0 fully saturated rings. The lowest BCUT2D eigenvalue weighted by molar-refractivity contribution is -0.119. The average Bonchev–Trinajstić information content (AvgIpc) is 2.93. The highest BCUT2D eigenvalue weighted by Crippen LogP contribution is 2.34. The predicted octanol–water partition coefficient (Wildman–Crippen LogP) is 6.78. The first kappa shape index (κ1) is 28.2. The van der Waals surface area contributed by atoms with Crippen LogP contribution in [-0.2, 0) is 20.2 Å². The Bertz CT molecular complexity index is 1550. The Balaban J connectivity index is 1.59. The number of benzene rings is 4. The second kappa shape index (κ2) is 11.5. The number of carbonyl (C=O) groups is 1. The molecule has 6 nitrogen and oxygen atoms in total. The molecule has 4 aromatic rings. The summed E-state index contributed by atoms with van der Waals surface area (Å²) < 4.78 is 38.9. The number of methoxy groups -OCH3 is 1. The summed E-state index contributed by atoms with van der Waals surface area (Å²) in [5.41, 5.74) is 2.98. The topological polar surface area (TPSA) is 72.9 Å². The normalized spacial score (nSPS) is 11.6. The number of carbonyl (C=O) groups excluding carboxylic acids is 1. The molecule has 39 heavy (non-hydrogen) atoms. The van der Waals surface area contributed by atoms with E-state index in [4.69, 9.17) is 21.1 Å². The number of nitrogens with zero attached hydrogens (tertiary/aromatic N) is 1. The van der Waals surface area contributed by atoms with Gasteiger partial charge in [-0.3, -0.25) is 4.79 Å². The monoisotopic (exact) mass is 563 g/mol. The van der Waals surface area contributed by atoms with Crippen LogP contribution < -0.4 is 13.8 Å². The van der Waals surface area contributed by atoms with Crippen molar-refractivity contribution in [1.82, 2.24) is 0 Å². The van der Waals surface area contributed by atoms with E-state index in [1.807, 2.05) is 37.3 Å². The van der Waals surface area contributed by atoms with Gasteiger partial charge < -0.3 is 9.47 Å². The number of hydrogen-bond acceptors (Lipinski definition) is 5. The summed E-state index contributed by atoms with van der Waals surface area (Å²) >= 11 is 6.27. The Morgan fingerprint density at radius 2 is 1.49 bits per heavy atom. The van der Waals surface area contributed by atoms with Crippen LogP contribution in [-0.4, -0.2) is 28.0 Å². The van der Waals surface area contributed by atoms with E-state index in [1.165, 1.54) is 43.0 Å². The molecule has 4 rings (SSSR count). The SMILES string of the molecule is COc1ccc(N(C(=O)COc2ccc(C(C)(C)c3ccccc3)cc2)S(=O)(=O)c2ccc(C)cc2)cc1Cl. The lowest BCUT2D eigenvalue weighted by atomic mass is 9.78. The molecular formula is C31H30ClNO5S. The molecular weight excluding hydrogens is 534 g/mol. The highest BCUT2D eigenvalue weighted by atomic mass is 35.5. The van der Waals surface area contributed by atoms with Crippen LogP contribution in [0, 0.1) is 6.92 Å². The van der Waals surface area contributed by atoms with Gasteiger partial charge in [-0.1, -0.05) is 85.6 Å². The van der Waals surface area contributed by atoms with Gasteiger partial charge in [0.2, 0.25) is 0 Å². The molecule has 0 aromatic heterocycles. The number of amides is 1. The van der Waals surface area contributed by atoms with Crippen LogP contribution in [0.3, 0.4) is 0 Å². The van der Waals surface area contributed by atoms with Crippen molar-refractivity contribution in [3.05, 3.63) is 119 Å². The Morgan fingerprint density at radius 3 is 2.08 bits per heavy atom. The van der Waals surface area contributed by atoms with Crippen molar-refractivity contribution in [3.63, 3.8) is 0 Å². The van der Waals surface area contributed by atoms with Crippen molar-refractivity contribution in [3.8, 4) is 11.5 Å². The molecule has 0 saturated heterocycles. The minimum absolute atomic E-state index is 0.0270. The fourth-order valence-electron chi connectivity index (χ4n) is 4.21. The smallest absolute Gasteiger partial charge is 0.278 e. The van der Waals surface area contributed by atoms with E-state index in [9.17, 15) is 13.2 Å². The molecule has 0 heterocycles. The van der Waals surface area contributed by atoms with Crippen molar-refractivity contribution in [2.75, 3.05) is 18.0 Å². The zero-order valence-corrected chi connectivity index (χ0v) is 23.8. The number of anilines is 1. The fraction of sp³-hybridized carbons (Fsp3) is 0.194. The second-order valence-corrected chi connectivity index (χ2v) is 11.8. The molecule has 8 heteroatoms. The molecule has 202 valence electrons. The summed E-state index contributed by atoms with van der Waals surface area (Å²) in [7, 11) is -2.81. The number of halogens is 1. The molecule has 0 unspecified atom stereocenters. The van der Waals surface area contributed by atoms with Gasteiger partial charge in [0.1, 0.15) is 11.5 Å². The molecule has 0 saturated carbocycles. The summed E-state index contributed by atoms with van der Waals surface area (Å²) in [6, 6.07) is 28.2. The third-order valence-corrected chi connectivity index (χ3v) is 8.65. The van der Waals surface area contributed by atoms with E-state index in [-0.39, 0.29) is 21.0 Å². The maximum absolute atomic E-state index is 13.6. The minimum Gasteiger partial charge on any atom is -0.495 e. The van der Waals surface area contributed by atoms with Crippen LogP contribution >= 0.6 is 11.6 Å². The van der Waals surface area contributed by atoms with Gasteiger partial charge in [0.25, 0.3) is 15.9 Å². The van der Waals surface area contributed by atoms with Crippen LogP contribution in [0.2, 0.25) is 5.02 Å². The van der Waals surface area contributed by atoms with Crippen molar-refractivity contribution in [2.24, 2.45) is 0 Å². The van der Waals surface area contributed by atoms with Crippen molar-refractivity contribution < 1.29 is 22.7 Å². The largest absolute Gasteiger partial charge is 0.495 e. The Hall–Kier alpha value is -3.81. The maximum atomic E-state index is 13.6. The molecule has 0 bridgehead atoms. The number of hydrogen-bond donors (Lipinski definition) is 0. The van der Waals surface area contributed by atoms with Gasteiger partial charge in [0.05, 0.1) is 22.7 Å². The third kappa shape index (κ3) is 6.10. The highest BCUT2D eigenvalue weighted by Gasteiger charge is 2.32. The van der Waals surface area contributed by atoms with E-state index in [0.717, 1.165) is 15.4 Å². The lowest BCUT2D eigenvalue weighted by Gasteiger charge is -2.26. The predicted molar refractivity (Wildman–Crippen MR) is 154 cm³/mol. The molecule has 0 radical (unpaired) electrons. The average molecular weight is 564 g/mol. The van der Waals surface area contributed by atoms with Gasteiger partial charge in [-0.05, 0) is 60.5 Å². The number of aryl methyl sites for hydroxylation is 1. The first-order valence-electron chi connectivity index (χ1n) is 12.3. The lowest BCUT2D eigenvalue weighted by Crippen LogP contribution is -2.40. The van der Waals surface area contributed by atoms with Crippen molar-refractivity contribution in [2.45, 2.75) is 31.1 Å². The summed E-state index contributed by atoms with van der Waals surface area (Å²) in [5.74, 6) is 0.0252. The van der Waals surface area contributed by atoms with Crippen LogP contribution in [0.1, 0.15) is 30.5 Å². The van der Waals surface area contributed by atoms with Crippen LogP contribution in [0.5, 0.6) is 11.5 Å². The molecule has 0 spiro atoms. The minimum atomic E-state index is -4.26. The van der Waals surface area contributed by atoms with E-state index in [1.54, 1.807) is 24.3 Å². The van der Waals surface area contributed by atoms with Crippen molar-refractivity contribution in [1.29, 1.82) is 0 Å². The Labute approximate surface area is 234 Å². The van der Waals surface area contributed by atoms with E-state index < -0.39 is 22.5 Å². The Kier molecular flexibility index (Phi) is 8.33. The standard InChI is InChI=1S/C31H30ClNO5S/c1-22-10-17-27(18-11-22)39(35,36)33(25-14-19-29(37-4)28(32)20-25)30(34)21-38-26-15-12-24(13-16-26)31(2,3)23-8-6-5-7-9-23/h5-20H,21H2,1-4H3. The number of ether oxygens (including phenoxy) is 2. The van der Waals surface area contributed by atoms with Crippen LogP contribution in [0.15, 0.2) is 102 Å². The molecule has 0 aliphatic heterocycles. The van der Waals surface area contributed by atoms with Gasteiger partial charge in [-0.15, -0.1) is 0 Å². The zero-order chi connectivity index (χ0) is 28.2. The quantitative estimate of drug-likeness (QED) is 0.224. The number of sulfonamides is 1. The van der Waals surface area contributed by atoms with Gasteiger partial charge in [-0.25, -0.2) is 8.42 Å². The summed E-state index contributed by atoms with van der Waals surface area (Å²) in [6.45, 7) is 5.61. The van der Waals surface area contributed by atoms with Gasteiger partial charge in [-0.2, -0.15) is 4.31 Å². The number of rotatable bonds is 9. The van der Waals surface area contributed by atoms with E-state index >= 15 is 0 Å². The third-order valence-electron chi connectivity index (χ3n) is 6.59. The molecule has 0 aliphatic rings. The van der Waals surface area contributed by atoms with Gasteiger partial charge >= 0.3 is 0 Å². The van der Waals surface area contributed by atoms with Crippen molar-refractivity contribution >= 4 is 33.2 Å². The van der Waals surface area contributed by atoms with Crippen LogP contribution in [0.25, 0.3) is 0 Å². The summed E-state index contributed by atoms with van der Waals surface area (Å²) in [5, 5.41) is 0.171. The van der Waals surface area contributed by atoms with Gasteiger partial charge in [0.15, 0.2) is 6.61 Å². The maximum Gasteiger partial charge on any atom is 0.278 e. The first-order valence-corrected chi connectivity index (χ1v) is 14.1. The van der Waals surface area contributed by atoms with Gasteiger partial charge in [0, 0.05) is 5.41 Å². The zero-order valence-electron chi connectivity index (χ0n) is 22.2. The molecule has 0 N–H and O–H groups in total. The molecule has 0 aliphatic carbocycles.